The fourth-order valence-electron chi connectivity index (χ4n) is 2.27. The molecule has 1 heterocycles. The maximum atomic E-state index is 11.9. The quantitative estimate of drug-likeness (QED) is 0.302. The molecule has 1 aromatic heterocycles. The molecule has 0 saturated heterocycles. The Balaban J connectivity index is 1.69. The van der Waals surface area contributed by atoms with Gasteiger partial charge in [-0.3, -0.25) is 10.2 Å². The Morgan fingerprint density at radius 1 is 1.07 bits per heavy atom. The fourth-order valence-corrected chi connectivity index (χ4v) is 3.53. The second-order valence-corrected chi connectivity index (χ2v) is 7.50. The number of aromatic nitrogens is 1. The molecule has 1 amide bonds. The van der Waals surface area contributed by atoms with Gasteiger partial charge in [0.25, 0.3) is 0 Å². The van der Waals surface area contributed by atoms with Gasteiger partial charge in [-0.2, -0.15) is 0 Å². The van der Waals surface area contributed by atoms with Crippen LogP contribution in [0, 0.1) is 6.92 Å². The van der Waals surface area contributed by atoms with Crippen LogP contribution in [0.2, 0.25) is 10.0 Å². The lowest BCUT2D eigenvalue weighted by Crippen LogP contribution is -2.11. The number of thiazole rings is 1. The zero-order valence-electron chi connectivity index (χ0n) is 14.5. The molecule has 1 N–H and O–H groups in total. The minimum atomic E-state index is -0.684. The number of hydrogen-bond donors (Lipinski definition) is 1. The summed E-state index contributed by atoms with van der Waals surface area (Å²) in [7, 11) is 0. The number of oxime groups is 1. The average molecular weight is 420 g/mol. The summed E-state index contributed by atoms with van der Waals surface area (Å²) in [6, 6.07) is 14.1. The number of carbonyl (C=O) groups is 1. The molecule has 5 nitrogen and oxygen atoms in total. The van der Waals surface area contributed by atoms with Crippen LogP contribution in [0.25, 0.3) is 10.6 Å². The first-order valence-corrected chi connectivity index (χ1v) is 9.51. The van der Waals surface area contributed by atoms with E-state index < -0.39 is 6.09 Å². The van der Waals surface area contributed by atoms with Crippen LogP contribution in [0.4, 0.5) is 10.5 Å². The van der Waals surface area contributed by atoms with E-state index >= 15 is 0 Å². The lowest BCUT2D eigenvalue weighted by atomic mass is 10.2. The monoisotopic (exact) mass is 419 g/mol. The van der Waals surface area contributed by atoms with Crippen LogP contribution in [0.3, 0.4) is 0 Å². The summed E-state index contributed by atoms with van der Waals surface area (Å²) in [5.41, 5.74) is 2.91. The lowest BCUT2D eigenvalue weighted by molar-refractivity contribution is 0.166. The van der Waals surface area contributed by atoms with Crippen LogP contribution in [-0.2, 0) is 4.84 Å². The first kappa shape index (κ1) is 19.4. The maximum Gasteiger partial charge on any atom is 0.437 e. The molecule has 0 fully saturated rings. The second kappa shape index (κ2) is 8.52. The Hall–Kier alpha value is -2.41. The molecule has 2 aromatic carbocycles. The van der Waals surface area contributed by atoms with E-state index in [9.17, 15) is 4.79 Å². The van der Waals surface area contributed by atoms with Crippen molar-refractivity contribution in [3.63, 3.8) is 0 Å². The molecule has 8 heteroatoms. The standard InChI is InChI=1S/C19H15Cl2N3O2S/c1-11-17(27-18(22-11)13-3-5-14(20)6-4-13)12(2)24-26-19(25)23-16-9-7-15(21)8-10-16/h3-10H,1-2H3,(H,23,25). The van der Waals surface area contributed by atoms with Crippen LogP contribution in [0.1, 0.15) is 17.5 Å². The van der Waals surface area contributed by atoms with E-state index in [-0.39, 0.29) is 0 Å². The van der Waals surface area contributed by atoms with E-state index in [0.717, 1.165) is 21.1 Å². The van der Waals surface area contributed by atoms with Crippen LogP contribution in [0.5, 0.6) is 0 Å². The van der Waals surface area contributed by atoms with Gasteiger partial charge >= 0.3 is 6.09 Å². The van der Waals surface area contributed by atoms with Gasteiger partial charge in [-0.25, -0.2) is 9.78 Å². The zero-order valence-corrected chi connectivity index (χ0v) is 16.8. The molecule has 0 radical (unpaired) electrons. The highest BCUT2D eigenvalue weighted by Crippen LogP contribution is 2.29. The van der Waals surface area contributed by atoms with Crippen molar-refractivity contribution >= 4 is 52.0 Å². The Morgan fingerprint density at radius 2 is 1.67 bits per heavy atom. The third-order valence-electron chi connectivity index (χ3n) is 3.57. The third-order valence-corrected chi connectivity index (χ3v) is 5.39. The van der Waals surface area contributed by atoms with E-state index in [1.54, 1.807) is 31.2 Å². The van der Waals surface area contributed by atoms with Gasteiger partial charge in [-0.15, -0.1) is 11.3 Å². The molecule has 0 aliphatic rings. The number of hydrogen-bond acceptors (Lipinski definition) is 5. The van der Waals surface area contributed by atoms with Crippen molar-refractivity contribution in [3.8, 4) is 10.6 Å². The van der Waals surface area contributed by atoms with E-state index in [2.05, 4.69) is 15.5 Å². The molecule has 0 bridgehead atoms. The Kier molecular flexibility index (Phi) is 6.11. The largest absolute Gasteiger partial charge is 0.437 e. The molecule has 0 unspecified atom stereocenters. The summed E-state index contributed by atoms with van der Waals surface area (Å²) in [6.07, 6.45) is -0.684. The van der Waals surface area contributed by atoms with Crippen LogP contribution in [0.15, 0.2) is 53.7 Å². The number of benzene rings is 2. The summed E-state index contributed by atoms with van der Waals surface area (Å²) in [5.74, 6) is 0. The topological polar surface area (TPSA) is 63.6 Å². The highest BCUT2D eigenvalue weighted by molar-refractivity contribution is 7.17. The summed E-state index contributed by atoms with van der Waals surface area (Å²) >= 11 is 13.2. The third kappa shape index (κ3) is 5.07. The highest BCUT2D eigenvalue weighted by atomic mass is 35.5. The smallest absolute Gasteiger partial charge is 0.297 e. The molecule has 0 spiro atoms. The number of aryl methyl sites for hydroxylation is 1. The van der Waals surface area contributed by atoms with Crippen LogP contribution >= 0.6 is 34.5 Å². The maximum absolute atomic E-state index is 11.9. The minimum Gasteiger partial charge on any atom is -0.297 e. The van der Waals surface area contributed by atoms with Gasteiger partial charge in [0.1, 0.15) is 5.01 Å². The highest BCUT2D eigenvalue weighted by Gasteiger charge is 2.13. The number of nitrogens with zero attached hydrogens (tertiary/aromatic N) is 2. The Morgan fingerprint density at radius 3 is 2.30 bits per heavy atom. The number of halogens is 2. The number of nitrogens with one attached hydrogen (secondary N) is 1. The van der Waals surface area contributed by atoms with Crippen molar-refractivity contribution in [2.75, 3.05) is 5.32 Å². The van der Waals surface area contributed by atoms with Gasteiger partial charge < -0.3 is 0 Å². The first-order valence-electron chi connectivity index (χ1n) is 7.94. The number of anilines is 1. The predicted octanol–water partition coefficient (Wildman–Crippen LogP) is 6.40. The van der Waals surface area contributed by atoms with Gasteiger partial charge in [0, 0.05) is 21.3 Å². The Labute approximate surface area is 170 Å². The van der Waals surface area contributed by atoms with Crippen molar-refractivity contribution in [2.24, 2.45) is 5.16 Å². The second-order valence-electron chi connectivity index (χ2n) is 5.63. The Bertz CT molecular complexity index is 983. The molecule has 0 aliphatic carbocycles. The normalized spacial score (nSPS) is 11.3. The molecule has 0 saturated carbocycles. The van der Waals surface area contributed by atoms with Gasteiger partial charge in [-0.1, -0.05) is 40.5 Å². The molecule has 0 aliphatic heterocycles. The number of carbonyl (C=O) groups excluding carboxylic acids is 1. The molecule has 3 aromatic rings. The minimum absolute atomic E-state index is 0.566. The number of amides is 1. The van der Waals surface area contributed by atoms with E-state index in [0.29, 0.717) is 21.4 Å². The molecule has 138 valence electrons. The molecular formula is C19H15Cl2N3O2S. The molecule has 0 atom stereocenters. The van der Waals surface area contributed by atoms with Gasteiger partial charge in [0.15, 0.2) is 0 Å². The summed E-state index contributed by atoms with van der Waals surface area (Å²) in [4.78, 5) is 22.2. The van der Waals surface area contributed by atoms with Crippen molar-refractivity contribution in [3.05, 3.63) is 69.1 Å². The van der Waals surface area contributed by atoms with Gasteiger partial charge in [-0.05, 0) is 50.2 Å². The summed E-state index contributed by atoms with van der Waals surface area (Å²) in [6.45, 7) is 3.65. The van der Waals surface area contributed by atoms with Crippen molar-refractivity contribution in [1.82, 2.24) is 4.98 Å². The molecular weight excluding hydrogens is 405 g/mol. The van der Waals surface area contributed by atoms with Crippen molar-refractivity contribution in [1.29, 1.82) is 0 Å². The van der Waals surface area contributed by atoms with Crippen LogP contribution < -0.4 is 5.32 Å². The van der Waals surface area contributed by atoms with E-state index in [4.69, 9.17) is 28.0 Å². The summed E-state index contributed by atoms with van der Waals surface area (Å²) < 4.78 is 0. The number of rotatable bonds is 4. The van der Waals surface area contributed by atoms with Crippen molar-refractivity contribution in [2.45, 2.75) is 13.8 Å². The lowest BCUT2D eigenvalue weighted by Gasteiger charge is -2.03. The molecule has 27 heavy (non-hydrogen) atoms. The van der Waals surface area contributed by atoms with Gasteiger partial charge in [0.05, 0.1) is 16.3 Å². The van der Waals surface area contributed by atoms with Crippen LogP contribution in [-0.4, -0.2) is 16.8 Å². The van der Waals surface area contributed by atoms with Crippen molar-refractivity contribution < 1.29 is 9.63 Å². The molecule has 3 rings (SSSR count). The first-order chi connectivity index (χ1) is 12.9. The van der Waals surface area contributed by atoms with E-state index in [1.165, 1.54) is 11.3 Å². The fraction of sp³-hybridized carbons (Fsp3) is 0.105. The average Bonchev–Trinajstić information content (AvgIpc) is 3.04. The predicted molar refractivity (Wildman–Crippen MR) is 111 cm³/mol. The van der Waals surface area contributed by atoms with Gasteiger partial charge in [0.2, 0.25) is 0 Å². The SMILES string of the molecule is CC(=NOC(=O)Nc1ccc(Cl)cc1)c1sc(-c2ccc(Cl)cc2)nc1C. The van der Waals surface area contributed by atoms with E-state index in [1.807, 2.05) is 31.2 Å². The summed E-state index contributed by atoms with van der Waals surface area (Å²) in [5, 5.41) is 8.59. The zero-order chi connectivity index (χ0) is 19.4.